The van der Waals surface area contributed by atoms with Crippen molar-refractivity contribution in [3.8, 4) is 0 Å². The second-order valence-electron chi connectivity index (χ2n) is 6.00. The van der Waals surface area contributed by atoms with E-state index in [0.717, 1.165) is 22.7 Å². The summed E-state index contributed by atoms with van der Waals surface area (Å²) in [5, 5.41) is 5.22. The Balaban J connectivity index is 1.85. The number of imidazole rings is 1. The number of fused-ring (bicyclic) bond motifs is 1. The molecule has 2 atom stereocenters. The summed E-state index contributed by atoms with van der Waals surface area (Å²) in [6.07, 6.45) is 5.76. The number of thioether (sulfide) groups is 1. The molecule has 1 fully saturated rings. The van der Waals surface area contributed by atoms with Crippen LogP contribution in [-0.4, -0.2) is 37.8 Å². The van der Waals surface area contributed by atoms with E-state index >= 15 is 0 Å². The molecule has 1 aliphatic carbocycles. The van der Waals surface area contributed by atoms with Crippen molar-refractivity contribution in [3.63, 3.8) is 0 Å². The van der Waals surface area contributed by atoms with Crippen molar-refractivity contribution in [2.75, 3.05) is 6.54 Å². The summed E-state index contributed by atoms with van der Waals surface area (Å²) in [6.45, 7) is 7.89. The summed E-state index contributed by atoms with van der Waals surface area (Å²) in [6, 6.07) is 0.519. The van der Waals surface area contributed by atoms with Crippen LogP contribution < -0.4 is 5.32 Å². The van der Waals surface area contributed by atoms with Crippen LogP contribution in [0.4, 0.5) is 0 Å². The van der Waals surface area contributed by atoms with Crippen molar-refractivity contribution in [3.05, 3.63) is 12.7 Å². The monoisotopic (exact) mass is 291 g/mol. The van der Waals surface area contributed by atoms with Crippen LogP contribution in [0.25, 0.3) is 11.2 Å². The summed E-state index contributed by atoms with van der Waals surface area (Å²) >= 11 is 1.85. The predicted molar refractivity (Wildman–Crippen MR) is 81.8 cm³/mol. The molecule has 1 saturated carbocycles. The summed E-state index contributed by atoms with van der Waals surface area (Å²) < 4.78 is 0. The third kappa shape index (κ3) is 2.42. The molecule has 0 aromatic carbocycles. The lowest BCUT2D eigenvalue weighted by molar-refractivity contribution is 0.290. The number of H-pyrrole nitrogens is 1. The fourth-order valence-electron chi connectivity index (χ4n) is 3.07. The van der Waals surface area contributed by atoms with Crippen LogP contribution in [0.5, 0.6) is 0 Å². The van der Waals surface area contributed by atoms with Crippen LogP contribution in [0.1, 0.15) is 33.6 Å². The molecule has 0 bridgehead atoms. The summed E-state index contributed by atoms with van der Waals surface area (Å²) in [7, 11) is 0. The first-order valence-corrected chi connectivity index (χ1v) is 8.04. The SMILES string of the molecule is CCNC1C(Sc2ncnc3nc[nH]c23)CCC1(C)C. The molecule has 2 heterocycles. The zero-order valence-electron chi connectivity index (χ0n) is 12.2. The first-order valence-electron chi connectivity index (χ1n) is 7.16. The van der Waals surface area contributed by atoms with Crippen LogP contribution in [0, 0.1) is 5.41 Å². The van der Waals surface area contributed by atoms with Gasteiger partial charge in [-0.05, 0) is 24.8 Å². The van der Waals surface area contributed by atoms with Crippen molar-refractivity contribution in [1.29, 1.82) is 0 Å². The zero-order chi connectivity index (χ0) is 14.2. The molecule has 108 valence electrons. The molecular formula is C14H21N5S. The molecule has 20 heavy (non-hydrogen) atoms. The van der Waals surface area contributed by atoms with Crippen LogP contribution >= 0.6 is 11.8 Å². The minimum absolute atomic E-state index is 0.341. The third-order valence-electron chi connectivity index (χ3n) is 4.16. The Kier molecular flexibility index (Phi) is 3.69. The van der Waals surface area contributed by atoms with E-state index in [2.05, 4.69) is 46.0 Å². The van der Waals surface area contributed by atoms with Gasteiger partial charge in [0.15, 0.2) is 5.65 Å². The Morgan fingerprint density at radius 1 is 1.40 bits per heavy atom. The van der Waals surface area contributed by atoms with Gasteiger partial charge in [-0.3, -0.25) is 0 Å². The van der Waals surface area contributed by atoms with Crippen molar-refractivity contribution in [1.82, 2.24) is 25.3 Å². The maximum absolute atomic E-state index is 4.44. The lowest BCUT2D eigenvalue weighted by Gasteiger charge is -2.31. The average molecular weight is 291 g/mol. The van der Waals surface area contributed by atoms with Gasteiger partial charge in [0.1, 0.15) is 16.9 Å². The standard InChI is InChI=1S/C14H21N5S/c1-4-15-11-9(5-6-14(11,2)3)20-13-10-12(17-7-16-10)18-8-19-13/h7-9,11,15H,4-6H2,1-3H3,(H,16,17,18,19). The maximum Gasteiger partial charge on any atom is 0.181 e. The molecule has 6 heteroatoms. The van der Waals surface area contributed by atoms with Gasteiger partial charge < -0.3 is 10.3 Å². The second kappa shape index (κ2) is 5.33. The molecule has 2 unspecified atom stereocenters. The van der Waals surface area contributed by atoms with Crippen molar-refractivity contribution in [2.24, 2.45) is 5.41 Å². The van der Waals surface area contributed by atoms with E-state index < -0.39 is 0 Å². The molecule has 0 saturated heterocycles. The molecule has 0 amide bonds. The van der Waals surface area contributed by atoms with Crippen LogP contribution in [-0.2, 0) is 0 Å². The number of nitrogens with one attached hydrogen (secondary N) is 2. The van der Waals surface area contributed by atoms with Gasteiger partial charge in [0.05, 0.1) is 6.33 Å². The Morgan fingerprint density at radius 2 is 2.25 bits per heavy atom. The fraction of sp³-hybridized carbons (Fsp3) is 0.643. The number of rotatable bonds is 4. The minimum Gasteiger partial charge on any atom is -0.341 e. The Morgan fingerprint density at radius 3 is 3.05 bits per heavy atom. The highest BCUT2D eigenvalue weighted by atomic mass is 32.2. The van der Waals surface area contributed by atoms with Crippen molar-refractivity contribution in [2.45, 2.75) is 49.9 Å². The van der Waals surface area contributed by atoms with E-state index in [1.807, 2.05) is 11.8 Å². The highest BCUT2D eigenvalue weighted by Crippen LogP contribution is 2.45. The third-order valence-corrected chi connectivity index (χ3v) is 5.51. The fourth-order valence-corrected chi connectivity index (χ4v) is 4.57. The van der Waals surface area contributed by atoms with Crippen molar-refractivity contribution < 1.29 is 0 Å². The van der Waals surface area contributed by atoms with Crippen molar-refractivity contribution >= 4 is 22.9 Å². The molecule has 1 aliphatic rings. The quantitative estimate of drug-likeness (QED) is 0.848. The normalized spacial score (nSPS) is 25.4. The molecule has 0 spiro atoms. The van der Waals surface area contributed by atoms with Gasteiger partial charge >= 0.3 is 0 Å². The van der Waals surface area contributed by atoms with E-state index in [0.29, 0.717) is 16.7 Å². The molecule has 0 aliphatic heterocycles. The Labute approximate surface area is 123 Å². The maximum atomic E-state index is 4.44. The summed E-state index contributed by atoms with van der Waals surface area (Å²) in [4.78, 5) is 16.0. The topological polar surface area (TPSA) is 66.5 Å². The van der Waals surface area contributed by atoms with Crippen LogP contribution in [0.3, 0.4) is 0 Å². The molecular weight excluding hydrogens is 270 g/mol. The second-order valence-corrected chi connectivity index (χ2v) is 7.23. The van der Waals surface area contributed by atoms with E-state index in [9.17, 15) is 0 Å². The first kappa shape index (κ1) is 13.8. The first-order chi connectivity index (χ1) is 9.62. The molecule has 2 aromatic rings. The van der Waals surface area contributed by atoms with E-state index in [-0.39, 0.29) is 0 Å². The van der Waals surface area contributed by atoms with Gasteiger partial charge in [0.2, 0.25) is 0 Å². The van der Waals surface area contributed by atoms with Gasteiger partial charge in [0.25, 0.3) is 0 Å². The average Bonchev–Trinajstić information content (AvgIpc) is 2.99. The molecule has 2 aromatic heterocycles. The lowest BCUT2D eigenvalue weighted by atomic mass is 9.87. The Hall–Kier alpha value is -1.14. The predicted octanol–water partition coefficient (Wildman–Crippen LogP) is 2.61. The largest absolute Gasteiger partial charge is 0.341 e. The van der Waals surface area contributed by atoms with Gasteiger partial charge in [-0.25, -0.2) is 15.0 Å². The highest BCUT2D eigenvalue weighted by molar-refractivity contribution is 8.00. The summed E-state index contributed by atoms with van der Waals surface area (Å²) in [5.41, 5.74) is 2.05. The number of hydrogen-bond donors (Lipinski definition) is 2. The van der Waals surface area contributed by atoms with Gasteiger partial charge in [-0.15, -0.1) is 0 Å². The van der Waals surface area contributed by atoms with Gasteiger partial charge in [-0.2, -0.15) is 0 Å². The van der Waals surface area contributed by atoms with E-state index in [4.69, 9.17) is 0 Å². The lowest BCUT2D eigenvalue weighted by Crippen LogP contribution is -2.43. The van der Waals surface area contributed by atoms with Gasteiger partial charge in [0, 0.05) is 11.3 Å². The smallest absolute Gasteiger partial charge is 0.181 e. The molecule has 5 nitrogen and oxygen atoms in total. The Bertz CT molecular complexity index is 594. The number of hydrogen-bond acceptors (Lipinski definition) is 5. The molecule has 3 rings (SSSR count). The zero-order valence-corrected chi connectivity index (χ0v) is 13.0. The summed E-state index contributed by atoms with van der Waals surface area (Å²) in [5.74, 6) is 0. The van der Waals surface area contributed by atoms with Gasteiger partial charge in [-0.1, -0.05) is 32.5 Å². The van der Waals surface area contributed by atoms with Crippen LogP contribution in [0.2, 0.25) is 0 Å². The molecule has 2 N–H and O–H groups in total. The number of aromatic nitrogens is 4. The molecule has 0 radical (unpaired) electrons. The highest BCUT2D eigenvalue weighted by Gasteiger charge is 2.42. The number of aromatic amines is 1. The number of nitrogens with zero attached hydrogens (tertiary/aromatic N) is 3. The van der Waals surface area contributed by atoms with E-state index in [1.165, 1.54) is 12.8 Å². The van der Waals surface area contributed by atoms with Crippen LogP contribution in [0.15, 0.2) is 17.7 Å². The van der Waals surface area contributed by atoms with E-state index in [1.54, 1.807) is 12.7 Å². The minimum atomic E-state index is 0.341.